The number of hydrogen-bond donors (Lipinski definition) is 1. The Kier molecular flexibility index (Phi) is 4.39. The molecule has 0 spiro atoms. The second-order valence-electron chi connectivity index (χ2n) is 4.69. The number of anilines is 1. The zero-order valence-electron chi connectivity index (χ0n) is 11.1. The highest BCUT2D eigenvalue weighted by molar-refractivity contribution is 5.26. The van der Waals surface area contributed by atoms with Gasteiger partial charge in [0.1, 0.15) is 0 Å². The molecule has 0 atom stereocenters. The van der Waals surface area contributed by atoms with Crippen molar-refractivity contribution < 1.29 is 0 Å². The van der Waals surface area contributed by atoms with Crippen molar-refractivity contribution in [3.8, 4) is 0 Å². The lowest BCUT2D eigenvalue weighted by Gasteiger charge is -2.12. The first-order valence-electron chi connectivity index (χ1n) is 6.50. The highest BCUT2D eigenvalue weighted by atomic mass is 15.2. The third-order valence-corrected chi connectivity index (χ3v) is 2.91. The van der Waals surface area contributed by atoms with Gasteiger partial charge in [0.25, 0.3) is 0 Å². The summed E-state index contributed by atoms with van der Waals surface area (Å²) >= 11 is 0. The van der Waals surface area contributed by atoms with E-state index in [-0.39, 0.29) is 0 Å². The molecule has 2 aromatic heterocycles. The van der Waals surface area contributed by atoms with E-state index in [0.29, 0.717) is 6.04 Å². The predicted octanol–water partition coefficient (Wildman–Crippen LogP) is 2.55. The first-order valence-corrected chi connectivity index (χ1v) is 6.50. The molecular weight excluding hydrogens is 226 g/mol. The molecule has 0 aliphatic carbocycles. The maximum Gasteiger partial charge on any atom is 0.203 e. The SMILES string of the molecule is CC(C)n1ccnc1NCCCCn1ccnc1. The number of aromatic nitrogens is 4. The van der Waals surface area contributed by atoms with Crippen molar-refractivity contribution >= 4 is 5.95 Å². The minimum absolute atomic E-state index is 0.445. The van der Waals surface area contributed by atoms with E-state index in [2.05, 4.69) is 38.3 Å². The van der Waals surface area contributed by atoms with E-state index in [4.69, 9.17) is 0 Å². The topological polar surface area (TPSA) is 47.7 Å². The molecule has 2 heterocycles. The quantitative estimate of drug-likeness (QED) is 0.765. The number of nitrogens with one attached hydrogen (secondary N) is 1. The second-order valence-corrected chi connectivity index (χ2v) is 4.69. The fourth-order valence-electron chi connectivity index (χ4n) is 1.91. The Labute approximate surface area is 108 Å². The third kappa shape index (κ3) is 3.35. The molecule has 1 N–H and O–H groups in total. The number of rotatable bonds is 7. The van der Waals surface area contributed by atoms with Gasteiger partial charge in [-0.2, -0.15) is 0 Å². The van der Waals surface area contributed by atoms with Gasteiger partial charge in [0.15, 0.2) is 0 Å². The Balaban J connectivity index is 1.67. The van der Waals surface area contributed by atoms with Crippen LogP contribution in [0.3, 0.4) is 0 Å². The Morgan fingerprint density at radius 1 is 1.22 bits per heavy atom. The molecule has 2 aromatic rings. The van der Waals surface area contributed by atoms with Crippen LogP contribution in [0.25, 0.3) is 0 Å². The van der Waals surface area contributed by atoms with Crippen LogP contribution in [-0.4, -0.2) is 25.6 Å². The first-order chi connectivity index (χ1) is 8.77. The van der Waals surface area contributed by atoms with Crippen LogP contribution in [-0.2, 0) is 6.54 Å². The van der Waals surface area contributed by atoms with Crippen LogP contribution in [0.4, 0.5) is 5.95 Å². The summed E-state index contributed by atoms with van der Waals surface area (Å²) in [5, 5.41) is 3.38. The zero-order valence-corrected chi connectivity index (χ0v) is 11.1. The molecule has 0 amide bonds. The molecule has 18 heavy (non-hydrogen) atoms. The van der Waals surface area contributed by atoms with Crippen molar-refractivity contribution in [3.05, 3.63) is 31.1 Å². The molecule has 0 saturated heterocycles. The molecule has 5 nitrogen and oxygen atoms in total. The van der Waals surface area contributed by atoms with E-state index in [1.165, 1.54) is 0 Å². The predicted molar refractivity (Wildman–Crippen MR) is 72.6 cm³/mol. The van der Waals surface area contributed by atoms with Gasteiger partial charge in [-0.05, 0) is 26.7 Å². The van der Waals surface area contributed by atoms with Crippen LogP contribution in [0.15, 0.2) is 31.1 Å². The van der Waals surface area contributed by atoms with Crippen molar-refractivity contribution in [2.24, 2.45) is 0 Å². The average Bonchev–Trinajstić information content (AvgIpc) is 2.98. The van der Waals surface area contributed by atoms with E-state index >= 15 is 0 Å². The van der Waals surface area contributed by atoms with Gasteiger partial charge in [0.2, 0.25) is 5.95 Å². The van der Waals surface area contributed by atoms with Gasteiger partial charge < -0.3 is 14.5 Å². The number of unbranched alkanes of at least 4 members (excludes halogenated alkanes) is 1. The fraction of sp³-hybridized carbons (Fsp3) is 0.538. The van der Waals surface area contributed by atoms with Crippen molar-refractivity contribution in [2.45, 2.75) is 39.3 Å². The maximum atomic E-state index is 4.32. The normalized spacial score (nSPS) is 11.1. The minimum Gasteiger partial charge on any atom is -0.356 e. The summed E-state index contributed by atoms with van der Waals surface area (Å²) in [7, 11) is 0. The van der Waals surface area contributed by atoms with Crippen LogP contribution in [0.1, 0.15) is 32.7 Å². The second kappa shape index (κ2) is 6.23. The highest BCUT2D eigenvalue weighted by Gasteiger charge is 2.04. The van der Waals surface area contributed by atoms with Gasteiger partial charge >= 0.3 is 0 Å². The first kappa shape index (κ1) is 12.7. The number of nitrogens with zero attached hydrogens (tertiary/aromatic N) is 4. The molecule has 0 unspecified atom stereocenters. The zero-order chi connectivity index (χ0) is 12.8. The molecule has 0 aliphatic heterocycles. The molecule has 98 valence electrons. The van der Waals surface area contributed by atoms with E-state index in [1.54, 1.807) is 0 Å². The van der Waals surface area contributed by atoms with Gasteiger partial charge in [0, 0.05) is 43.9 Å². The summed E-state index contributed by atoms with van der Waals surface area (Å²) in [6.45, 7) is 6.30. The van der Waals surface area contributed by atoms with E-state index in [9.17, 15) is 0 Å². The number of aryl methyl sites for hydroxylation is 1. The van der Waals surface area contributed by atoms with Gasteiger partial charge in [-0.1, -0.05) is 0 Å². The Morgan fingerprint density at radius 2 is 2.11 bits per heavy atom. The summed E-state index contributed by atoms with van der Waals surface area (Å²) < 4.78 is 4.25. The van der Waals surface area contributed by atoms with Crippen LogP contribution < -0.4 is 5.32 Å². The standard InChI is InChI=1S/C13H21N5/c1-12(2)18-10-7-16-13(18)15-5-3-4-8-17-9-6-14-11-17/h6-7,9-12H,3-5,8H2,1-2H3,(H,15,16). The monoisotopic (exact) mass is 247 g/mol. The minimum atomic E-state index is 0.445. The van der Waals surface area contributed by atoms with Gasteiger partial charge in [-0.3, -0.25) is 0 Å². The van der Waals surface area contributed by atoms with Crippen LogP contribution in [0, 0.1) is 0 Å². The molecule has 0 fully saturated rings. The van der Waals surface area contributed by atoms with Crippen LogP contribution in [0.2, 0.25) is 0 Å². The van der Waals surface area contributed by atoms with E-state index in [0.717, 1.165) is 31.9 Å². The summed E-state index contributed by atoms with van der Waals surface area (Å²) in [4.78, 5) is 8.35. The van der Waals surface area contributed by atoms with Crippen LogP contribution in [0.5, 0.6) is 0 Å². The summed E-state index contributed by atoms with van der Waals surface area (Å²) in [5.41, 5.74) is 0. The average molecular weight is 247 g/mol. The van der Waals surface area contributed by atoms with Crippen molar-refractivity contribution in [3.63, 3.8) is 0 Å². The Morgan fingerprint density at radius 3 is 2.83 bits per heavy atom. The molecule has 0 aliphatic rings. The fourth-order valence-corrected chi connectivity index (χ4v) is 1.91. The molecule has 5 heteroatoms. The van der Waals surface area contributed by atoms with Crippen LogP contribution >= 0.6 is 0 Å². The van der Waals surface area contributed by atoms with E-state index < -0.39 is 0 Å². The maximum absolute atomic E-state index is 4.32. The van der Waals surface area contributed by atoms with Gasteiger partial charge in [-0.25, -0.2) is 9.97 Å². The molecule has 0 bridgehead atoms. The molecule has 2 rings (SSSR count). The molecular formula is C13H21N5. The summed E-state index contributed by atoms with van der Waals surface area (Å²) in [6, 6.07) is 0.445. The smallest absolute Gasteiger partial charge is 0.203 e. The molecule has 0 radical (unpaired) electrons. The number of hydrogen-bond acceptors (Lipinski definition) is 3. The Hall–Kier alpha value is -1.78. The summed E-state index contributed by atoms with van der Waals surface area (Å²) in [5.74, 6) is 0.965. The van der Waals surface area contributed by atoms with Crippen molar-refractivity contribution in [2.75, 3.05) is 11.9 Å². The van der Waals surface area contributed by atoms with E-state index in [1.807, 2.05) is 31.1 Å². The highest BCUT2D eigenvalue weighted by Crippen LogP contribution is 2.12. The lowest BCUT2D eigenvalue weighted by atomic mass is 10.3. The lowest BCUT2D eigenvalue weighted by Crippen LogP contribution is -2.10. The number of imidazole rings is 2. The third-order valence-electron chi connectivity index (χ3n) is 2.91. The van der Waals surface area contributed by atoms with Gasteiger partial charge in [-0.15, -0.1) is 0 Å². The molecule has 0 saturated carbocycles. The summed E-state index contributed by atoms with van der Waals surface area (Å²) in [6.07, 6.45) is 11.8. The largest absolute Gasteiger partial charge is 0.356 e. The lowest BCUT2D eigenvalue weighted by molar-refractivity contribution is 0.595. The van der Waals surface area contributed by atoms with Gasteiger partial charge in [0.05, 0.1) is 6.33 Å². The Bertz CT molecular complexity index is 444. The molecule has 0 aromatic carbocycles. The van der Waals surface area contributed by atoms with Crippen molar-refractivity contribution in [1.82, 2.24) is 19.1 Å². The van der Waals surface area contributed by atoms with Crippen molar-refractivity contribution in [1.29, 1.82) is 0 Å².